The summed E-state index contributed by atoms with van der Waals surface area (Å²) in [7, 11) is 1.58. The number of nitrogens with zero attached hydrogens (tertiary/aromatic N) is 2. The number of carbonyl (C=O) groups excluding carboxylic acids is 2. The predicted molar refractivity (Wildman–Crippen MR) is 134 cm³/mol. The number of H-pyrrole nitrogens is 1. The van der Waals surface area contributed by atoms with Gasteiger partial charge in [0.2, 0.25) is 5.16 Å². The molecular formula is C25H25N5O4S. The number of rotatable bonds is 9. The van der Waals surface area contributed by atoms with Crippen molar-refractivity contribution in [3.8, 4) is 5.75 Å². The number of aromatic amines is 1. The molecule has 9 nitrogen and oxygen atoms in total. The summed E-state index contributed by atoms with van der Waals surface area (Å²) in [4.78, 5) is 29.8. The number of thioether (sulfide) groups is 1. The van der Waals surface area contributed by atoms with E-state index >= 15 is 0 Å². The third-order valence-corrected chi connectivity index (χ3v) is 6.03. The van der Waals surface area contributed by atoms with E-state index in [4.69, 9.17) is 9.47 Å². The second kappa shape index (κ2) is 11.4. The number of aromatic nitrogens is 3. The molecule has 0 saturated heterocycles. The Labute approximate surface area is 207 Å². The van der Waals surface area contributed by atoms with Crippen molar-refractivity contribution in [2.75, 3.05) is 19.5 Å². The molecule has 1 aliphatic heterocycles. The summed E-state index contributed by atoms with van der Waals surface area (Å²) in [5, 5.41) is 13.2. The Kier molecular flexibility index (Phi) is 7.84. The van der Waals surface area contributed by atoms with Crippen LogP contribution in [0, 0.1) is 0 Å². The molecule has 4 rings (SSSR count). The summed E-state index contributed by atoms with van der Waals surface area (Å²) in [6.07, 6.45) is 3.77. The van der Waals surface area contributed by atoms with Crippen LogP contribution in [0.1, 0.15) is 29.9 Å². The molecule has 0 radical (unpaired) electrons. The number of amides is 2. The molecule has 3 N–H and O–H groups in total. The Morgan fingerprint density at radius 3 is 2.60 bits per heavy atom. The number of methoxy groups -OCH3 is 1. The first-order chi connectivity index (χ1) is 17.1. The van der Waals surface area contributed by atoms with Gasteiger partial charge in [-0.15, -0.1) is 5.10 Å². The van der Waals surface area contributed by atoms with Crippen LogP contribution in [0.4, 0.5) is 4.79 Å². The summed E-state index contributed by atoms with van der Waals surface area (Å²) in [5.74, 6) is 1.04. The van der Waals surface area contributed by atoms with Crippen LogP contribution < -0.4 is 15.4 Å². The van der Waals surface area contributed by atoms with Crippen LogP contribution in [0.3, 0.4) is 0 Å². The quantitative estimate of drug-likeness (QED) is 0.306. The molecule has 2 amide bonds. The average molecular weight is 492 g/mol. The maximum Gasteiger partial charge on any atom is 0.338 e. The zero-order valence-corrected chi connectivity index (χ0v) is 20.1. The van der Waals surface area contributed by atoms with Crippen LogP contribution >= 0.6 is 11.8 Å². The van der Waals surface area contributed by atoms with E-state index in [1.807, 2.05) is 42.5 Å². The van der Waals surface area contributed by atoms with E-state index in [0.29, 0.717) is 28.0 Å². The topological polar surface area (TPSA) is 118 Å². The van der Waals surface area contributed by atoms with Crippen LogP contribution in [0.2, 0.25) is 0 Å². The van der Waals surface area contributed by atoms with Crippen LogP contribution in [0.15, 0.2) is 71.0 Å². The van der Waals surface area contributed by atoms with Crippen molar-refractivity contribution in [1.29, 1.82) is 0 Å². The molecule has 1 atom stereocenters. The number of ether oxygens (including phenoxy) is 2. The zero-order valence-electron chi connectivity index (χ0n) is 19.3. The number of carbonyl (C=O) groups is 2. The maximum atomic E-state index is 12.9. The van der Waals surface area contributed by atoms with Gasteiger partial charge < -0.3 is 20.1 Å². The van der Waals surface area contributed by atoms with Gasteiger partial charge >= 0.3 is 12.0 Å². The highest BCUT2D eigenvalue weighted by Gasteiger charge is 2.33. The van der Waals surface area contributed by atoms with Gasteiger partial charge in [0.15, 0.2) is 0 Å². The van der Waals surface area contributed by atoms with Crippen molar-refractivity contribution in [2.45, 2.75) is 18.1 Å². The normalized spacial score (nSPS) is 15.6. The molecule has 180 valence electrons. The average Bonchev–Trinajstić information content (AvgIpc) is 3.34. The molecule has 0 bridgehead atoms. The van der Waals surface area contributed by atoms with Crippen molar-refractivity contribution in [3.63, 3.8) is 0 Å². The van der Waals surface area contributed by atoms with Gasteiger partial charge in [-0.2, -0.15) is 0 Å². The lowest BCUT2D eigenvalue weighted by Gasteiger charge is -2.29. The van der Waals surface area contributed by atoms with Crippen LogP contribution in [-0.4, -0.2) is 46.7 Å². The Bertz CT molecular complexity index is 1240. The fraction of sp³-hybridized carbons (Fsp3) is 0.200. The number of benzene rings is 2. The van der Waals surface area contributed by atoms with Gasteiger partial charge in [0.25, 0.3) is 0 Å². The Morgan fingerprint density at radius 2 is 1.89 bits per heavy atom. The molecule has 10 heteroatoms. The van der Waals surface area contributed by atoms with Gasteiger partial charge in [0, 0.05) is 11.4 Å². The number of urea groups is 1. The molecule has 0 aliphatic carbocycles. The smallest absolute Gasteiger partial charge is 0.338 e. The molecule has 0 spiro atoms. The third-order valence-electron chi connectivity index (χ3n) is 5.16. The van der Waals surface area contributed by atoms with Gasteiger partial charge in [-0.3, -0.25) is 5.10 Å². The van der Waals surface area contributed by atoms with E-state index in [1.54, 1.807) is 38.3 Å². The molecule has 2 heterocycles. The SMILES string of the molecule is CCOC(=O)C1=C(CSc2n[nH]c(/C=C/c3ccccc3)n2)NC(=O)NC1c1ccc(OC)cc1. The monoisotopic (exact) mass is 491 g/mol. The lowest BCUT2D eigenvalue weighted by molar-refractivity contribution is -0.139. The maximum absolute atomic E-state index is 12.9. The Balaban J connectivity index is 1.55. The molecular weight excluding hydrogens is 466 g/mol. The van der Waals surface area contributed by atoms with E-state index in [-0.39, 0.29) is 12.4 Å². The summed E-state index contributed by atoms with van der Waals surface area (Å²) in [6.45, 7) is 1.95. The molecule has 1 aromatic heterocycles. The lowest BCUT2D eigenvalue weighted by Crippen LogP contribution is -2.46. The molecule has 2 aromatic carbocycles. The fourth-order valence-electron chi connectivity index (χ4n) is 3.50. The minimum atomic E-state index is -0.666. The second-order valence-corrected chi connectivity index (χ2v) is 8.40. The van der Waals surface area contributed by atoms with Gasteiger partial charge in [0.1, 0.15) is 11.6 Å². The first-order valence-corrected chi connectivity index (χ1v) is 12.0. The zero-order chi connectivity index (χ0) is 24.6. The summed E-state index contributed by atoms with van der Waals surface area (Å²) >= 11 is 1.30. The number of hydrogen-bond donors (Lipinski definition) is 3. The highest BCUT2D eigenvalue weighted by Crippen LogP contribution is 2.31. The van der Waals surface area contributed by atoms with Crippen molar-refractivity contribution < 1.29 is 19.1 Å². The van der Waals surface area contributed by atoms with E-state index in [9.17, 15) is 9.59 Å². The predicted octanol–water partition coefficient (Wildman–Crippen LogP) is 3.95. The van der Waals surface area contributed by atoms with Crippen molar-refractivity contribution in [1.82, 2.24) is 25.8 Å². The number of esters is 1. The van der Waals surface area contributed by atoms with E-state index in [0.717, 1.165) is 11.1 Å². The van der Waals surface area contributed by atoms with Gasteiger partial charge in [-0.05, 0) is 36.3 Å². The second-order valence-electron chi connectivity index (χ2n) is 7.45. The van der Waals surface area contributed by atoms with Gasteiger partial charge in [-0.1, -0.05) is 60.3 Å². The minimum Gasteiger partial charge on any atom is -0.497 e. The van der Waals surface area contributed by atoms with Crippen molar-refractivity contribution in [3.05, 3.63) is 82.8 Å². The van der Waals surface area contributed by atoms with E-state index < -0.39 is 18.0 Å². The standard InChI is InChI=1S/C25H25N5O4S/c1-3-34-23(31)21-19(26-24(32)28-22(21)17-10-12-18(33-2)13-11-17)15-35-25-27-20(29-30-25)14-9-16-7-5-4-6-8-16/h4-14,22H,3,15H2,1-2H3,(H2,26,28,32)(H,27,29,30)/b14-9+. The Morgan fingerprint density at radius 1 is 1.11 bits per heavy atom. The third kappa shape index (κ3) is 6.10. The summed E-state index contributed by atoms with van der Waals surface area (Å²) in [5.41, 5.74) is 2.56. The van der Waals surface area contributed by atoms with Crippen molar-refractivity contribution >= 4 is 35.9 Å². The minimum absolute atomic E-state index is 0.212. The van der Waals surface area contributed by atoms with Crippen LogP contribution in [0.25, 0.3) is 12.2 Å². The summed E-state index contributed by atoms with van der Waals surface area (Å²) < 4.78 is 10.5. The Hall–Kier alpha value is -4.05. The largest absolute Gasteiger partial charge is 0.497 e. The van der Waals surface area contributed by atoms with E-state index in [1.165, 1.54) is 11.8 Å². The number of nitrogens with one attached hydrogen (secondary N) is 3. The molecule has 1 unspecified atom stereocenters. The lowest BCUT2D eigenvalue weighted by atomic mass is 9.95. The van der Waals surface area contributed by atoms with Gasteiger partial charge in [-0.25, -0.2) is 14.6 Å². The van der Waals surface area contributed by atoms with Crippen molar-refractivity contribution in [2.24, 2.45) is 0 Å². The van der Waals surface area contributed by atoms with E-state index in [2.05, 4.69) is 25.8 Å². The highest BCUT2D eigenvalue weighted by atomic mass is 32.2. The molecule has 1 aliphatic rings. The van der Waals surface area contributed by atoms with Crippen LogP contribution in [-0.2, 0) is 9.53 Å². The fourth-order valence-corrected chi connectivity index (χ4v) is 4.28. The molecule has 0 fully saturated rings. The summed E-state index contributed by atoms with van der Waals surface area (Å²) in [6, 6.07) is 16.0. The first-order valence-electron chi connectivity index (χ1n) is 11.0. The highest BCUT2D eigenvalue weighted by molar-refractivity contribution is 7.99. The first kappa shape index (κ1) is 24.1. The van der Waals surface area contributed by atoms with Gasteiger partial charge in [0.05, 0.1) is 25.3 Å². The molecule has 3 aromatic rings. The molecule has 35 heavy (non-hydrogen) atoms. The number of hydrogen-bond acceptors (Lipinski definition) is 7. The molecule has 0 saturated carbocycles. The van der Waals surface area contributed by atoms with Crippen LogP contribution in [0.5, 0.6) is 5.75 Å².